The zero-order valence-corrected chi connectivity index (χ0v) is 23.0. The molecule has 0 aliphatic carbocycles. The fraction of sp³-hybridized carbons (Fsp3) is 0.200. The minimum Gasteiger partial charge on any atom is -0.329 e. The van der Waals surface area contributed by atoms with Crippen molar-refractivity contribution in [1.82, 2.24) is 9.47 Å². The third kappa shape index (κ3) is 4.68. The van der Waals surface area contributed by atoms with Crippen molar-refractivity contribution in [3.05, 3.63) is 132 Å². The molecule has 1 atom stereocenters. The highest BCUT2D eigenvalue weighted by Crippen LogP contribution is 2.42. The molecule has 0 fully saturated rings. The van der Waals surface area contributed by atoms with Gasteiger partial charge in [0.05, 0.1) is 17.1 Å². The van der Waals surface area contributed by atoms with Crippen LogP contribution in [0, 0.1) is 6.92 Å². The van der Waals surface area contributed by atoms with Crippen LogP contribution < -0.4 is 4.90 Å². The van der Waals surface area contributed by atoms with Gasteiger partial charge in [0.15, 0.2) is 0 Å². The number of rotatable bonds is 7. The van der Waals surface area contributed by atoms with Gasteiger partial charge in [0.1, 0.15) is 12.6 Å². The Bertz CT molecular complexity index is 1680. The topological polar surface area (TPSA) is 45.6 Å². The van der Waals surface area contributed by atoms with E-state index in [0.29, 0.717) is 12.1 Å². The van der Waals surface area contributed by atoms with Crippen molar-refractivity contribution in [1.29, 1.82) is 0 Å². The van der Waals surface area contributed by atoms with Crippen LogP contribution in [0.15, 0.2) is 109 Å². The number of carbonyl (C=O) groups excluding carboxylic acids is 2. The minimum absolute atomic E-state index is 0.00304. The monoisotopic (exact) mass is 527 g/mol. The molecule has 5 heteroatoms. The first-order chi connectivity index (χ1) is 19.5. The van der Waals surface area contributed by atoms with E-state index in [2.05, 4.69) is 48.7 Å². The summed E-state index contributed by atoms with van der Waals surface area (Å²) in [5.74, 6) is -0.219. The highest BCUT2D eigenvalue weighted by Gasteiger charge is 2.37. The van der Waals surface area contributed by atoms with Crippen molar-refractivity contribution in [2.75, 3.05) is 18.0 Å². The second-order valence-electron chi connectivity index (χ2n) is 10.5. The fourth-order valence-corrected chi connectivity index (χ4v) is 5.67. The van der Waals surface area contributed by atoms with Crippen LogP contribution >= 0.6 is 0 Å². The van der Waals surface area contributed by atoms with E-state index in [-0.39, 0.29) is 24.4 Å². The number of para-hydroxylation sites is 2. The van der Waals surface area contributed by atoms with E-state index in [4.69, 9.17) is 0 Å². The Morgan fingerprint density at radius 2 is 1.52 bits per heavy atom. The summed E-state index contributed by atoms with van der Waals surface area (Å²) in [7, 11) is 0. The van der Waals surface area contributed by atoms with Gasteiger partial charge in [0, 0.05) is 18.3 Å². The smallest absolute Gasteiger partial charge is 0.254 e. The normalized spacial score (nSPS) is 14.1. The van der Waals surface area contributed by atoms with Crippen LogP contribution in [0.3, 0.4) is 0 Å². The predicted octanol–water partition coefficient (Wildman–Crippen LogP) is 7.32. The molecule has 0 spiro atoms. The molecule has 4 aromatic carbocycles. The van der Waals surface area contributed by atoms with Crippen molar-refractivity contribution < 1.29 is 9.59 Å². The zero-order valence-electron chi connectivity index (χ0n) is 23.0. The highest BCUT2D eigenvalue weighted by atomic mass is 16.2. The van der Waals surface area contributed by atoms with Crippen molar-refractivity contribution >= 4 is 28.3 Å². The number of nitrogens with zero attached hydrogens (tertiary/aromatic N) is 3. The summed E-state index contributed by atoms with van der Waals surface area (Å²) in [5, 5.41) is 2.10. The van der Waals surface area contributed by atoms with Gasteiger partial charge < -0.3 is 9.47 Å². The summed E-state index contributed by atoms with van der Waals surface area (Å²) in [6.45, 7) is 4.69. The first-order valence-electron chi connectivity index (χ1n) is 14.0. The van der Waals surface area contributed by atoms with E-state index in [0.717, 1.165) is 46.2 Å². The number of aromatic nitrogens is 1. The number of benzene rings is 4. The summed E-state index contributed by atoms with van der Waals surface area (Å²) < 4.78 is 2.17. The second kappa shape index (κ2) is 10.9. The number of carbonyl (C=O) groups is 2. The number of amides is 2. The van der Waals surface area contributed by atoms with Gasteiger partial charge in [-0.15, -0.1) is 0 Å². The van der Waals surface area contributed by atoms with Crippen LogP contribution in [-0.4, -0.2) is 34.4 Å². The summed E-state index contributed by atoms with van der Waals surface area (Å²) in [4.78, 5) is 31.9. The van der Waals surface area contributed by atoms with Gasteiger partial charge >= 0.3 is 0 Å². The van der Waals surface area contributed by atoms with E-state index in [9.17, 15) is 9.59 Å². The lowest BCUT2D eigenvalue weighted by molar-refractivity contribution is -0.119. The molecule has 0 radical (unpaired) electrons. The molecule has 40 heavy (non-hydrogen) atoms. The average Bonchev–Trinajstić information content (AvgIpc) is 3.48. The maximum atomic E-state index is 14.4. The first kappa shape index (κ1) is 25.6. The summed E-state index contributed by atoms with van der Waals surface area (Å²) >= 11 is 0. The number of hydrogen-bond acceptors (Lipinski definition) is 2. The lowest BCUT2D eigenvalue weighted by atomic mass is 9.97. The largest absolute Gasteiger partial charge is 0.329 e. The van der Waals surface area contributed by atoms with E-state index in [1.54, 1.807) is 4.90 Å². The summed E-state index contributed by atoms with van der Waals surface area (Å²) in [6, 6.07) is 34.0. The summed E-state index contributed by atoms with van der Waals surface area (Å²) in [5.41, 5.74) is 5.63. The molecule has 1 aliphatic rings. The van der Waals surface area contributed by atoms with Gasteiger partial charge in [-0.1, -0.05) is 85.6 Å². The molecular weight excluding hydrogens is 494 g/mol. The van der Waals surface area contributed by atoms with Crippen LogP contribution in [-0.2, 0) is 4.79 Å². The Hall–Kier alpha value is -4.64. The van der Waals surface area contributed by atoms with Gasteiger partial charge in [0.2, 0.25) is 5.91 Å². The van der Waals surface area contributed by atoms with Crippen LogP contribution in [0.4, 0.5) is 5.69 Å². The first-order valence-corrected chi connectivity index (χ1v) is 14.0. The Balaban J connectivity index is 1.38. The maximum absolute atomic E-state index is 14.4. The Labute approximate surface area is 235 Å². The Morgan fingerprint density at radius 1 is 0.800 bits per heavy atom. The predicted molar refractivity (Wildman–Crippen MR) is 161 cm³/mol. The van der Waals surface area contributed by atoms with E-state index in [1.165, 1.54) is 5.56 Å². The number of unbranched alkanes of at least 4 members (excludes halogenated alkanes) is 1. The lowest BCUT2D eigenvalue weighted by Gasteiger charge is -2.39. The number of hydrogen-bond donors (Lipinski definition) is 0. The molecule has 2 amide bonds. The number of anilines is 1. The zero-order chi connectivity index (χ0) is 27.6. The van der Waals surface area contributed by atoms with Gasteiger partial charge in [-0.2, -0.15) is 0 Å². The van der Waals surface area contributed by atoms with E-state index in [1.807, 2.05) is 83.9 Å². The van der Waals surface area contributed by atoms with Crippen molar-refractivity contribution in [3.8, 4) is 5.69 Å². The molecule has 200 valence electrons. The Kier molecular flexibility index (Phi) is 6.95. The lowest BCUT2D eigenvalue weighted by Crippen LogP contribution is -2.47. The third-order valence-corrected chi connectivity index (χ3v) is 7.77. The van der Waals surface area contributed by atoms with Gasteiger partial charge in [-0.3, -0.25) is 14.5 Å². The van der Waals surface area contributed by atoms with Crippen molar-refractivity contribution in [2.45, 2.75) is 32.7 Å². The molecule has 2 heterocycles. The van der Waals surface area contributed by atoms with Crippen LogP contribution in [0.1, 0.15) is 53.0 Å². The third-order valence-electron chi connectivity index (χ3n) is 7.77. The molecular formula is C35H33N3O2. The molecule has 1 aliphatic heterocycles. The average molecular weight is 528 g/mol. The second-order valence-corrected chi connectivity index (χ2v) is 10.5. The molecule has 5 nitrogen and oxygen atoms in total. The van der Waals surface area contributed by atoms with Crippen LogP contribution in [0.25, 0.3) is 16.5 Å². The van der Waals surface area contributed by atoms with E-state index >= 15 is 0 Å². The molecule has 1 aromatic heterocycles. The Morgan fingerprint density at radius 3 is 2.30 bits per heavy atom. The highest BCUT2D eigenvalue weighted by molar-refractivity contribution is 6.04. The maximum Gasteiger partial charge on any atom is 0.254 e. The molecule has 0 saturated heterocycles. The minimum atomic E-state index is -0.304. The van der Waals surface area contributed by atoms with E-state index < -0.39 is 0 Å². The number of aryl methyl sites for hydroxylation is 1. The van der Waals surface area contributed by atoms with Crippen molar-refractivity contribution in [2.24, 2.45) is 0 Å². The number of fused-ring (bicyclic) bond motifs is 4. The van der Waals surface area contributed by atoms with Crippen LogP contribution in [0.2, 0.25) is 0 Å². The van der Waals surface area contributed by atoms with Gasteiger partial charge in [-0.05, 0) is 66.1 Å². The molecule has 0 bridgehead atoms. The summed E-state index contributed by atoms with van der Waals surface area (Å²) in [6.07, 6.45) is 3.81. The molecule has 0 saturated carbocycles. The molecule has 1 unspecified atom stereocenters. The molecule has 6 rings (SSSR count). The van der Waals surface area contributed by atoms with Crippen molar-refractivity contribution in [3.63, 3.8) is 0 Å². The van der Waals surface area contributed by atoms with Gasteiger partial charge in [-0.25, -0.2) is 0 Å². The van der Waals surface area contributed by atoms with Gasteiger partial charge in [0.25, 0.3) is 5.91 Å². The fourth-order valence-electron chi connectivity index (χ4n) is 5.67. The van der Waals surface area contributed by atoms with Crippen LogP contribution in [0.5, 0.6) is 0 Å². The molecule has 5 aromatic rings. The SMILES string of the molecule is CCCCN(CC(=O)N1c2ccccc2-n2cccc2C1c1ccc(C)cc1)C(=O)c1ccc2ccccc2c1. The standard InChI is InChI=1S/C35H33N3O2/c1-3-4-21-36(35(40)29-20-19-26-10-5-6-11-28(26)23-29)24-33(39)38-31-13-8-7-12-30(31)37-22-9-14-32(37)34(38)27-17-15-25(2)16-18-27/h5-20,22-23,34H,3-4,21,24H2,1-2H3. The quantitative estimate of drug-likeness (QED) is 0.223. The molecule has 0 N–H and O–H groups in total.